The van der Waals surface area contributed by atoms with Crippen molar-refractivity contribution in [3.63, 3.8) is 0 Å². The first-order valence-corrected chi connectivity index (χ1v) is 10.1. The van der Waals surface area contributed by atoms with Crippen molar-refractivity contribution >= 4 is 22.9 Å². The van der Waals surface area contributed by atoms with Crippen LogP contribution in [0.4, 0.5) is 5.69 Å². The molecule has 0 bridgehead atoms. The molecule has 0 spiro atoms. The van der Waals surface area contributed by atoms with Gasteiger partial charge in [-0.05, 0) is 47.0 Å². The van der Waals surface area contributed by atoms with Gasteiger partial charge < -0.3 is 14.8 Å². The first-order chi connectivity index (χ1) is 12.8. The highest BCUT2D eigenvalue weighted by molar-refractivity contribution is 7.08. The molecular formula is C21H25NO3S. The third-order valence-corrected chi connectivity index (χ3v) is 5.04. The molecule has 1 amide bonds. The van der Waals surface area contributed by atoms with E-state index in [9.17, 15) is 4.79 Å². The first-order valence-electron chi connectivity index (χ1n) is 9.15. The summed E-state index contributed by atoms with van der Waals surface area (Å²) >= 11 is 1.66. The summed E-state index contributed by atoms with van der Waals surface area (Å²) in [6.45, 7) is 2.82. The topological polar surface area (TPSA) is 47.6 Å². The van der Waals surface area contributed by atoms with Crippen LogP contribution >= 0.6 is 11.3 Å². The van der Waals surface area contributed by atoms with Crippen molar-refractivity contribution in [1.82, 2.24) is 0 Å². The molecule has 1 aromatic heterocycles. The molecule has 0 aliphatic carbocycles. The molecule has 1 aliphatic heterocycles. The molecule has 2 atom stereocenters. The number of carbonyl (C=O) groups excluding carboxylic acids is 1. The number of benzene rings is 1. The Morgan fingerprint density at radius 2 is 2.12 bits per heavy atom. The van der Waals surface area contributed by atoms with E-state index in [0.29, 0.717) is 12.4 Å². The minimum absolute atomic E-state index is 0.127. The average molecular weight is 372 g/mol. The molecule has 0 saturated carbocycles. The number of nitrogens with one attached hydrogen (secondary N) is 1. The van der Waals surface area contributed by atoms with Crippen molar-refractivity contribution in [3.8, 4) is 0 Å². The van der Waals surface area contributed by atoms with E-state index < -0.39 is 6.29 Å². The van der Waals surface area contributed by atoms with Gasteiger partial charge in [0.1, 0.15) is 0 Å². The third-order valence-electron chi connectivity index (χ3n) is 4.34. The van der Waals surface area contributed by atoms with Crippen molar-refractivity contribution in [3.05, 3.63) is 64.6 Å². The van der Waals surface area contributed by atoms with Gasteiger partial charge in [0.25, 0.3) is 5.91 Å². The summed E-state index contributed by atoms with van der Waals surface area (Å²) in [5.41, 5.74) is 1.95. The molecule has 2 heterocycles. The molecule has 1 aliphatic rings. The largest absolute Gasteiger partial charge is 0.459 e. The second kappa shape index (κ2) is 9.55. The number of amides is 1. The first kappa shape index (κ1) is 18.7. The fraction of sp³-hybridized carbons (Fsp3) is 0.381. The molecule has 4 nitrogen and oxygen atoms in total. The maximum Gasteiger partial charge on any atom is 0.290 e. The Hall–Kier alpha value is -2.11. The van der Waals surface area contributed by atoms with Crippen molar-refractivity contribution in [2.45, 2.75) is 44.8 Å². The van der Waals surface area contributed by atoms with Gasteiger partial charge in [-0.25, -0.2) is 0 Å². The summed E-state index contributed by atoms with van der Waals surface area (Å²) in [6.07, 6.45) is 5.54. The SMILES string of the molecule is CCCCCO[C@@H]1C[C@H](c2ccsc2)C=C(C(=O)Nc2ccccc2)O1. The van der Waals surface area contributed by atoms with Crippen LogP contribution < -0.4 is 5.32 Å². The lowest BCUT2D eigenvalue weighted by atomic mass is 9.95. The summed E-state index contributed by atoms with van der Waals surface area (Å²) in [4.78, 5) is 12.6. The van der Waals surface area contributed by atoms with Crippen LogP contribution in [0, 0.1) is 0 Å². The van der Waals surface area contributed by atoms with Crippen molar-refractivity contribution in [2.24, 2.45) is 0 Å². The lowest BCUT2D eigenvalue weighted by molar-refractivity contribution is -0.143. The average Bonchev–Trinajstić information content (AvgIpc) is 3.21. The van der Waals surface area contributed by atoms with Crippen molar-refractivity contribution in [2.75, 3.05) is 11.9 Å². The summed E-state index contributed by atoms with van der Waals surface area (Å²) in [5, 5.41) is 7.06. The zero-order valence-corrected chi connectivity index (χ0v) is 15.8. The smallest absolute Gasteiger partial charge is 0.290 e. The zero-order chi connectivity index (χ0) is 18.2. The number of unbranched alkanes of at least 4 members (excludes halogenated alkanes) is 2. The monoisotopic (exact) mass is 371 g/mol. The fourth-order valence-electron chi connectivity index (χ4n) is 2.92. The summed E-state index contributed by atoms with van der Waals surface area (Å²) < 4.78 is 11.8. The minimum Gasteiger partial charge on any atom is -0.459 e. The molecule has 1 aromatic carbocycles. The number of anilines is 1. The fourth-order valence-corrected chi connectivity index (χ4v) is 3.64. The van der Waals surface area contributed by atoms with E-state index in [1.54, 1.807) is 11.3 Å². The molecule has 3 rings (SSSR count). The Labute approximate surface area is 158 Å². The predicted octanol–water partition coefficient (Wildman–Crippen LogP) is 5.31. The van der Waals surface area contributed by atoms with Gasteiger partial charge in [0.2, 0.25) is 6.29 Å². The molecular weight excluding hydrogens is 346 g/mol. The van der Waals surface area contributed by atoms with E-state index in [1.807, 2.05) is 36.4 Å². The van der Waals surface area contributed by atoms with Gasteiger partial charge >= 0.3 is 0 Å². The lowest BCUT2D eigenvalue weighted by Crippen LogP contribution is -2.29. The number of allylic oxidation sites excluding steroid dienone is 1. The molecule has 26 heavy (non-hydrogen) atoms. The molecule has 0 radical (unpaired) electrons. The number of hydrogen-bond donors (Lipinski definition) is 1. The Morgan fingerprint density at radius 3 is 2.85 bits per heavy atom. The van der Waals surface area contributed by atoms with Gasteiger partial charge in [-0.15, -0.1) is 0 Å². The molecule has 5 heteroatoms. The lowest BCUT2D eigenvalue weighted by Gasteiger charge is -2.29. The van der Waals surface area contributed by atoms with E-state index >= 15 is 0 Å². The van der Waals surface area contributed by atoms with Gasteiger partial charge in [0.15, 0.2) is 5.76 Å². The van der Waals surface area contributed by atoms with Crippen LogP contribution in [0.2, 0.25) is 0 Å². The van der Waals surface area contributed by atoms with Gasteiger partial charge in [-0.2, -0.15) is 11.3 Å². The Bertz CT molecular complexity index is 712. The van der Waals surface area contributed by atoms with Crippen LogP contribution in [0.25, 0.3) is 0 Å². The van der Waals surface area contributed by atoms with Crippen LogP contribution in [0.15, 0.2) is 59.0 Å². The summed E-state index contributed by atoms with van der Waals surface area (Å²) in [6, 6.07) is 11.5. The Kier molecular flexibility index (Phi) is 6.86. The number of carbonyl (C=O) groups is 1. The molecule has 0 saturated heterocycles. The number of thiophene rings is 1. The van der Waals surface area contributed by atoms with Gasteiger partial charge in [0, 0.05) is 18.0 Å². The highest BCUT2D eigenvalue weighted by Crippen LogP contribution is 2.33. The Morgan fingerprint density at radius 1 is 1.27 bits per heavy atom. The molecule has 0 fully saturated rings. The van der Waals surface area contributed by atoms with E-state index in [1.165, 1.54) is 5.56 Å². The predicted molar refractivity (Wildman–Crippen MR) is 105 cm³/mol. The minimum atomic E-state index is -0.390. The quantitative estimate of drug-likeness (QED) is 0.640. The summed E-state index contributed by atoms with van der Waals surface area (Å²) in [5.74, 6) is 0.220. The van der Waals surface area contributed by atoms with E-state index in [4.69, 9.17) is 9.47 Å². The Balaban J connectivity index is 1.69. The number of ether oxygens (including phenoxy) is 2. The van der Waals surface area contributed by atoms with E-state index in [-0.39, 0.29) is 11.8 Å². The van der Waals surface area contributed by atoms with Crippen molar-refractivity contribution in [1.29, 1.82) is 0 Å². The van der Waals surface area contributed by atoms with Gasteiger partial charge in [-0.1, -0.05) is 38.0 Å². The molecule has 138 valence electrons. The highest BCUT2D eigenvalue weighted by Gasteiger charge is 2.28. The van der Waals surface area contributed by atoms with Crippen molar-refractivity contribution < 1.29 is 14.3 Å². The number of para-hydroxylation sites is 1. The highest BCUT2D eigenvalue weighted by atomic mass is 32.1. The molecule has 2 aromatic rings. The van der Waals surface area contributed by atoms with Crippen LogP contribution in [-0.4, -0.2) is 18.8 Å². The van der Waals surface area contributed by atoms with Crippen LogP contribution in [0.5, 0.6) is 0 Å². The number of hydrogen-bond acceptors (Lipinski definition) is 4. The summed E-state index contributed by atoms with van der Waals surface area (Å²) in [7, 11) is 0. The zero-order valence-electron chi connectivity index (χ0n) is 15.0. The number of rotatable bonds is 8. The molecule has 1 N–H and O–H groups in total. The van der Waals surface area contributed by atoms with E-state index in [0.717, 1.165) is 31.4 Å². The second-order valence-electron chi connectivity index (χ2n) is 6.38. The van der Waals surface area contributed by atoms with Gasteiger partial charge in [-0.3, -0.25) is 4.79 Å². The molecule has 0 unspecified atom stereocenters. The van der Waals surface area contributed by atoms with Crippen LogP contribution in [-0.2, 0) is 14.3 Å². The van der Waals surface area contributed by atoms with E-state index in [2.05, 4.69) is 29.1 Å². The second-order valence-corrected chi connectivity index (χ2v) is 7.16. The van der Waals surface area contributed by atoms with Crippen LogP contribution in [0.3, 0.4) is 0 Å². The maximum absolute atomic E-state index is 12.6. The maximum atomic E-state index is 12.6. The normalized spacial score (nSPS) is 19.5. The van der Waals surface area contributed by atoms with Gasteiger partial charge in [0.05, 0.1) is 6.61 Å². The third kappa shape index (κ3) is 5.19. The standard InChI is InChI=1S/C21H25NO3S/c1-2-3-7-11-24-20-14-17(16-10-12-26-15-16)13-19(25-20)21(23)22-18-8-5-4-6-9-18/h4-6,8-10,12-13,15,17,20H,2-3,7,11,14H2,1H3,(H,22,23)/t17-,20+/m1/s1. The van der Waals surface area contributed by atoms with Crippen LogP contribution in [0.1, 0.15) is 44.1 Å².